The SMILES string of the molecule is CCCN(CC)C(CO)C(N)C(C)(C)C. The van der Waals surface area contributed by atoms with Crippen LogP contribution in [0.2, 0.25) is 0 Å². The largest absolute Gasteiger partial charge is 0.395 e. The molecule has 0 amide bonds. The standard InChI is InChI=1S/C12H28N2O/c1-6-8-14(7-2)10(9-15)11(13)12(3,4)5/h10-11,15H,6-9,13H2,1-5H3. The zero-order valence-electron chi connectivity index (χ0n) is 11.0. The number of aliphatic hydroxyl groups excluding tert-OH is 1. The maximum absolute atomic E-state index is 9.47. The molecule has 3 N–H and O–H groups in total. The van der Waals surface area contributed by atoms with Gasteiger partial charge in [-0.1, -0.05) is 34.6 Å². The minimum atomic E-state index is 0.00833. The molecule has 0 aliphatic carbocycles. The average molecular weight is 216 g/mol. The monoisotopic (exact) mass is 216 g/mol. The van der Waals surface area contributed by atoms with E-state index in [4.69, 9.17) is 5.73 Å². The number of rotatable bonds is 6. The molecule has 0 aliphatic heterocycles. The van der Waals surface area contributed by atoms with Gasteiger partial charge in [0, 0.05) is 12.1 Å². The molecule has 3 nitrogen and oxygen atoms in total. The van der Waals surface area contributed by atoms with Crippen LogP contribution in [0.25, 0.3) is 0 Å². The van der Waals surface area contributed by atoms with E-state index in [-0.39, 0.29) is 24.1 Å². The van der Waals surface area contributed by atoms with Crippen LogP contribution in [0.3, 0.4) is 0 Å². The first kappa shape index (κ1) is 14.9. The summed E-state index contributed by atoms with van der Waals surface area (Å²) in [4.78, 5) is 2.27. The topological polar surface area (TPSA) is 49.5 Å². The second-order valence-corrected chi connectivity index (χ2v) is 5.27. The van der Waals surface area contributed by atoms with Crippen LogP contribution in [0.4, 0.5) is 0 Å². The lowest BCUT2D eigenvalue weighted by atomic mass is 9.82. The van der Waals surface area contributed by atoms with Crippen molar-refractivity contribution >= 4 is 0 Å². The van der Waals surface area contributed by atoms with Crippen LogP contribution in [0, 0.1) is 5.41 Å². The summed E-state index contributed by atoms with van der Waals surface area (Å²) in [7, 11) is 0. The predicted molar refractivity (Wildman–Crippen MR) is 65.8 cm³/mol. The van der Waals surface area contributed by atoms with E-state index in [1.165, 1.54) is 0 Å². The maximum atomic E-state index is 9.47. The third-order valence-electron chi connectivity index (χ3n) is 2.99. The van der Waals surface area contributed by atoms with E-state index >= 15 is 0 Å². The molecular formula is C12H28N2O. The Kier molecular flexibility index (Phi) is 6.41. The zero-order chi connectivity index (χ0) is 12.1. The summed E-state index contributed by atoms with van der Waals surface area (Å²) in [5, 5.41) is 9.47. The van der Waals surface area contributed by atoms with Gasteiger partial charge >= 0.3 is 0 Å². The van der Waals surface area contributed by atoms with E-state index in [0.29, 0.717) is 0 Å². The van der Waals surface area contributed by atoms with Gasteiger partial charge in [0.1, 0.15) is 0 Å². The number of aliphatic hydroxyl groups is 1. The van der Waals surface area contributed by atoms with Crippen molar-refractivity contribution in [2.24, 2.45) is 11.1 Å². The van der Waals surface area contributed by atoms with Gasteiger partial charge in [0.25, 0.3) is 0 Å². The van der Waals surface area contributed by atoms with E-state index in [1.54, 1.807) is 0 Å². The van der Waals surface area contributed by atoms with Crippen molar-refractivity contribution in [1.29, 1.82) is 0 Å². The summed E-state index contributed by atoms with van der Waals surface area (Å²) < 4.78 is 0. The molecule has 0 radical (unpaired) electrons. The van der Waals surface area contributed by atoms with E-state index in [0.717, 1.165) is 19.5 Å². The summed E-state index contributed by atoms with van der Waals surface area (Å²) in [6, 6.07) is 0.0870. The summed E-state index contributed by atoms with van der Waals surface area (Å²) in [5.41, 5.74) is 6.25. The van der Waals surface area contributed by atoms with Crippen LogP contribution >= 0.6 is 0 Å². The number of hydrogen-bond donors (Lipinski definition) is 2. The van der Waals surface area contributed by atoms with Crippen molar-refractivity contribution in [1.82, 2.24) is 4.90 Å². The van der Waals surface area contributed by atoms with Gasteiger partial charge in [-0.05, 0) is 24.9 Å². The summed E-state index contributed by atoms with van der Waals surface area (Å²) in [6.07, 6.45) is 1.10. The lowest BCUT2D eigenvalue weighted by Gasteiger charge is -2.39. The molecule has 0 rings (SSSR count). The number of hydrogen-bond acceptors (Lipinski definition) is 3. The highest BCUT2D eigenvalue weighted by molar-refractivity contribution is 4.89. The first-order valence-corrected chi connectivity index (χ1v) is 5.98. The normalized spacial score (nSPS) is 16.8. The summed E-state index contributed by atoms with van der Waals surface area (Å²) >= 11 is 0. The van der Waals surface area contributed by atoms with Gasteiger partial charge in [0.05, 0.1) is 6.61 Å². The molecule has 0 aromatic heterocycles. The minimum absolute atomic E-state index is 0.00833. The lowest BCUT2D eigenvalue weighted by molar-refractivity contribution is 0.0744. The zero-order valence-corrected chi connectivity index (χ0v) is 11.0. The molecule has 0 aromatic carbocycles. The van der Waals surface area contributed by atoms with E-state index in [9.17, 15) is 5.11 Å². The fourth-order valence-corrected chi connectivity index (χ4v) is 1.88. The molecule has 0 saturated carbocycles. The summed E-state index contributed by atoms with van der Waals surface area (Å²) in [6.45, 7) is 12.7. The third-order valence-corrected chi connectivity index (χ3v) is 2.99. The molecule has 0 saturated heterocycles. The molecule has 0 aliphatic rings. The highest BCUT2D eigenvalue weighted by atomic mass is 16.3. The van der Waals surface area contributed by atoms with Crippen LogP contribution in [0.1, 0.15) is 41.0 Å². The molecule has 0 fully saturated rings. The number of likely N-dealkylation sites (N-methyl/N-ethyl adjacent to an activating group) is 1. The fourth-order valence-electron chi connectivity index (χ4n) is 1.88. The fraction of sp³-hybridized carbons (Fsp3) is 1.00. The Bertz CT molecular complexity index is 165. The van der Waals surface area contributed by atoms with Crippen molar-refractivity contribution in [2.45, 2.75) is 53.1 Å². The van der Waals surface area contributed by atoms with E-state index in [1.807, 2.05) is 0 Å². The third kappa shape index (κ3) is 4.49. The van der Waals surface area contributed by atoms with Gasteiger partial charge < -0.3 is 10.8 Å². The molecule has 0 aromatic rings. The molecule has 0 spiro atoms. The highest BCUT2D eigenvalue weighted by Crippen LogP contribution is 2.22. The van der Waals surface area contributed by atoms with Crippen molar-refractivity contribution in [3.05, 3.63) is 0 Å². The average Bonchev–Trinajstić information content (AvgIpc) is 2.15. The number of nitrogens with zero attached hydrogens (tertiary/aromatic N) is 1. The van der Waals surface area contributed by atoms with Gasteiger partial charge in [-0.15, -0.1) is 0 Å². The van der Waals surface area contributed by atoms with Crippen molar-refractivity contribution in [2.75, 3.05) is 19.7 Å². The Labute approximate surface area is 94.6 Å². The summed E-state index contributed by atoms with van der Waals surface area (Å²) in [5.74, 6) is 0. The smallest absolute Gasteiger partial charge is 0.0602 e. The van der Waals surface area contributed by atoms with Crippen LogP contribution in [-0.4, -0.2) is 41.8 Å². The Hall–Kier alpha value is -0.120. The van der Waals surface area contributed by atoms with Crippen molar-refractivity contribution in [3.63, 3.8) is 0 Å². The second kappa shape index (κ2) is 6.46. The van der Waals surface area contributed by atoms with Gasteiger partial charge in [-0.25, -0.2) is 0 Å². The van der Waals surface area contributed by atoms with Gasteiger partial charge in [-0.2, -0.15) is 0 Å². The Morgan fingerprint density at radius 2 is 1.80 bits per heavy atom. The van der Waals surface area contributed by atoms with Gasteiger partial charge in [0.15, 0.2) is 0 Å². The Morgan fingerprint density at radius 1 is 1.27 bits per heavy atom. The van der Waals surface area contributed by atoms with E-state index < -0.39 is 0 Å². The van der Waals surface area contributed by atoms with Crippen LogP contribution in [-0.2, 0) is 0 Å². The van der Waals surface area contributed by atoms with Crippen LogP contribution in [0.15, 0.2) is 0 Å². The molecule has 0 bridgehead atoms. The maximum Gasteiger partial charge on any atom is 0.0602 e. The number of nitrogens with two attached hydrogens (primary N) is 1. The molecule has 0 heterocycles. The van der Waals surface area contributed by atoms with Crippen molar-refractivity contribution < 1.29 is 5.11 Å². The molecule has 15 heavy (non-hydrogen) atoms. The van der Waals surface area contributed by atoms with Crippen LogP contribution < -0.4 is 5.73 Å². The second-order valence-electron chi connectivity index (χ2n) is 5.27. The molecule has 2 unspecified atom stereocenters. The highest BCUT2D eigenvalue weighted by Gasteiger charge is 2.31. The van der Waals surface area contributed by atoms with Gasteiger partial charge in [-0.3, -0.25) is 4.90 Å². The molecule has 92 valence electrons. The first-order valence-electron chi connectivity index (χ1n) is 5.98. The molecule has 3 heteroatoms. The lowest BCUT2D eigenvalue weighted by Crippen LogP contribution is -2.55. The quantitative estimate of drug-likeness (QED) is 0.706. The Balaban J connectivity index is 4.57. The van der Waals surface area contributed by atoms with Gasteiger partial charge in [0.2, 0.25) is 0 Å². The predicted octanol–water partition coefficient (Wildman–Crippen LogP) is 1.45. The Morgan fingerprint density at radius 3 is 2.07 bits per heavy atom. The molecular weight excluding hydrogens is 188 g/mol. The first-order chi connectivity index (χ1) is 6.88. The van der Waals surface area contributed by atoms with E-state index in [2.05, 4.69) is 39.5 Å². The molecule has 2 atom stereocenters. The van der Waals surface area contributed by atoms with Crippen LogP contribution in [0.5, 0.6) is 0 Å². The van der Waals surface area contributed by atoms with Crippen molar-refractivity contribution in [3.8, 4) is 0 Å². The minimum Gasteiger partial charge on any atom is -0.395 e.